The fourth-order valence-electron chi connectivity index (χ4n) is 2.61. The lowest BCUT2D eigenvalue weighted by Gasteiger charge is -2.28. The van der Waals surface area contributed by atoms with E-state index < -0.39 is 0 Å². The first-order valence-electron chi connectivity index (χ1n) is 5.98. The Labute approximate surface area is 108 Å². The van der Waals surface area contributed by atoms with Gasteiger partial charge >= 0.3 is 0 Å². The molecule has 0 aromatic heterocycles. The third kappa shape index (κ3) is 2.89. The number of fused-ring (bicyclic) bond motifs is 1. The summed E-state index contributed by atoms with van der Waals surface area (Å²) in [7, 11) is 0. The van der Waals surface area contributed by atoms with Gasteiger partial charge in [-0.05, 0) is 24.0 Å². The van der Waals surface area contributed by atoms with Crippen molar-refractivity contribution >= 4 is 11.6 Å². The van der Waals surface area contributed by atoms with Crippen molar-refractivity contribution in [1.29, 1.82) is 0 Å². The van der Waals surface area contributed by atoms with Gasteiger partial charge < -0.3 is 5.11 Å². The number of hydrogen-bond donors (Lipinski definition) is 1. The molecule has 0 spiro atoms. The summed E-state index contributed by atoms with van der Waals surface area (Å²) in [6.45, 7) is 5.19. The zero-order valence-corrected chi connectivity index (χ0v) is 10.7. The number of hydrogen-bond acceptors (Lipinski definition) is 2. The van der Waals surface area contributed by atoms with Crippen molar-refractivity contribution in [2.45, 2.75) is 18.9 Å². The molecule has 1 aromatic carbocycles. The van der Waals surface area contributed by atoms with Crippen molar-refractivity contribution in [1.82, 2.24) is 4.90 Å². The Morgan fingerprint density at radius 1 is 1.47 bits per heavy atom. The van der Waals surface area contributed by atoms with Crippen LogP contribution in [0.3, 0.4) is 0 Å². The fraction of sp³-hybridized carbons (Fsp3) is 0.429. The van der Waals surface area contributed by atoms with Crippen molar-refractivity contribution in [3.63, 3.8) is 0 Å². The van der Waals surface area contributed by atoms with Crippen LogP contribution < -0.4 is 0 Å². The summed E-state index contributed by atoms with van der Waals surface area (Å²) in [5.41, 5.74) is 2.79. The first kappa shape index (κ1) is 12.6. The predicted octanol–water partition coefficient (Wildman–Crippen LogP) is 2.72. The second-order valence-electron chi connectivity index (χ2n) is 4.46. The molecule has 1 aliphatic rings. The van der Waals surface area contributed by atoms with Gasteiger partial charge in [-0.3, -0.25) is 4.90 Å². The first-order chi connectivity index (χ1) is 8.22. The maximum absolute atomic E-state index is 9.14. The molecule has 1 aliphatic carbocycles. The zero-order valence-electron chi connectivity index (χ0n) is 9.90. The van der Waals surface area contributed by atoms with Gasteiger partial charge in [0.05, 0.1) is 6.61 Å². The number of benzene rings is 1. The van der Waals surface area contributed by atoms with Crippen LogP contribution in [-0.4, -0.2) is 29.7 Å². The average molecular weight is 252 g/mol. The van der Waals surface area contributed by atoms with Crippen molar-refractivity contribution in [2.24, 2.45) is 0 Å². The van der Waals surface area contributed by atoms with E-state index in [0.29, 0.717) is 24.2 Å². The largest absolute Gasteiger partial charge is 0.395 e. The molecular weight excluding hydrogens is 234 g/mol. The minimum absolute atomic E-state index is 0.156. The van der Waals surface area contributed by atoms with Crippen molar-refractivity contribution in [3.05, 3.63) is 47.0 Å². The molecule has 1 N–H and O–H groups in total. The lowest BCUT2D eigenvalue weighted by Crippen LogP contribution is -2.31. The molecule has 1 aromatic rings. The number of aryl methyl sites for hydroxylation is 1. The van der Waals surface area contributed by atoms with Gasteiger partial charge in [0.25, 0.3) is 0 Å². The minimum atomic E-state index is 0.156. The van der Waals surface area contributed by atoms with Crippen LogP contribution in [0.25, 0.3) is 0 Å². The highest BCUT2D eigenvalue weighted by Crippen LogP contribution is 2.35. The highest BCUT2D eigenvalue weighted by atomic mass is 35.5. The number of halogens is 1. The second-order valence-corrected chi connectivity index (χ2v) is 5.00. The van der Waals surface area contributed by atoms with Gasteiger partial charge in [-0.15, -0.1) is 0 Å². The van der Waals surface area contributed by atoms with Gasteiger partial charge in [-0.2, -0.15) is 0 Å². The molecule has 3 heteroatoms. The average Bonchev–Trinajstić information content (AvgIpc) is 2.71. The van der Waals surface area contributed by atoms with Gasteiger partial charge in [0.1, 0.15) is 0 Å². The van der Waals surface area contributed by atoms with Crippen LogP contribution in [0.2, 0.25) is 0 Å². The first-order valence-corrected chi connectivity index (χ1v) is 6.36. The predicted molar refractivity (Wildman–Crippen MR) is 71.2 cm³/mol. The van der Waals surface area contributed by atoms with E-state index in [9.17, 15) is 0 Å². The molecule has 0 bridgehead atoms. The summed E-state index contributed by atoms with van der Waals surface area (Å²) in [5, 5.41) is 9.77. The van der Waals surface area contributed by atoms with E-state index in [1.807, 2.05) is 0 Å². The summed E-state index contributed by atoms with van der Waals surface area (Å²) >= 11 is 5.90. The highest BCUT2D eigenvalue weighted by Gasteiger charge is 2.27. The van der Waals surface area contributed by atoms with Crippen molar-refractivity contribution in [3.8, 4) is 0 Å². The molecule has 2 nitrogen and oxygen atoms in total. The van der Waals surface area contributed by atoms with Crippen LogP contribution >= 0.6 is 11.6 Å². The molecule has 0 saturated carbocycles. The lowest BCUT2D eigenvalue weighted by molar-refractivity contribution is 0.163. The Hall–Kier alpha value is -0.830. The lowest BCUT2D eigenvalue weighted by atomic mass is 10.1. The topological polar surface area (TPSA) is 23.5 Å². The van der Waals surface area contributed by atoms with Crippen molar-refractivity contribution in [2.75, 3.05) is 19.7 Å². The van der Waals surface area contributed by atoms with Crippen LogP contribution in [-0.2, 0) is 6.42 Å². The molecule has 0 fully saturated rings. The molecule has 92 valence electrons. The van der Waals surface area contributed by atoms with E-state index in [1.54, 1.807) is 0 Å². The summed E-state index contributed by atoms with van der Waals surface area (Å²) in [6.07, 6.45) is 2.21. The normalized spacial score (nSPS) is 18.4. The summed E-state index contributed by atoms with van der Waals surface area (Å²) in [4.78, 5) is 2.21. The number of aliphatic hydroxyl groups is 1. The molecule has 0 radical (unpaired) electrons. The SMILES string of the molecule is C=C(Cl)CN(CCO)C1CCc2ccccc21. The highest BCUT2D eigenvalue weighted by molar-refractivity contribution is 6.29. The van der Waals surface area contributed by atoms with Crippen LogP contribution in [0.4, 0.5) is 0 Å². The van der Waals surface area contributed by atoms with Crippen LogP contribution in [0.5, 0.6) is 0 Å². The maximum atomic E-state index is 9.14. The molecule has 2 rings (SSSR count). The van der Waals surface area contributed by atoms with Crippen LogP contribution in [0.1, 0.15) is 23.6 Å². The molecule has 1 unspecified atom stereocenters. The Bertz CT molecular complexity index is 405. The van der Waals surface area contributed by atoms with Gasteiger partial charge in [-0.1, -0.05) is 42.4 Å². The smallest absolute Gasteiger partial charge is 0.0558 e. The number of aliphatic hydroxyl groups excluding tert-OH is 1. The molecular formula is C14H18ClNO. The van der Waals surface area contributed by atoms with Crippen LogP contribution in [0, 0.1) is 0 Å². The monoisotopic (exact) mass is 251 g/mol. The fourth-order valence-corrected chi connectivity index (χ4v) is 2.76. The molecule has 17 heavy (non-hydrogen) atoms. The minimum Gasteiger partial charge on any atom is -0.395 e. The van der Waals surface area contributed by atoms with Gasteiger partial charge in [0.2, 0.25) is 0 Å². The molecule has 0 heterocycles. The van der Waals surface area contributed by atoms with E-state index in [0.717, 1.165) is 12.8 Å². The number of nitrogens with zero attached hydrogens (tertiary/aromatic N) is 1. The standard InChI is InChI=1S/C14H18ClNO/c1-11(15)10-16(8-9-17)14-7-6-12-4-2-3-5-13(12)14/h2-5,14,17H,1,6-10H2. The quantitative estimate of drug-likeness (QED) is 0.870. The van der Waals surface area contributed by atoms with Crippen molar-refractivity contribution < 1.29 is 5.11 Å². The summed E-state index contributed by atoms with van der Waals surface area (Å²) in [5.74, 6) is 0. The zero-order chi connectivity index (χ0) is 12.3. The van der Waals surface area contributed by atoms with E-state index in [4.69, 9.17) is 16.7 Å². The third-order valence-corrected chi connectivity index (χ3v) is 3.42. The summed E-state index contributed by atoms with van der Waals surface area (Å²) < 4.78 is 0. The van der Waals surface area contributed by atoms with E-state index in [1.165, 1.54) is 11.1 Å². The number of rotatable bonds is 5. The maximum Gasteiger partial charge on any atom is 0.0558 e. The molecule has 1 atom stereocenters. The Balaban J connectivity index is 2.18. The van der Waals surface area contributed by atoms with Gasteiger partial charge in [0, 0.05) is 24.2 Å². The molecule has 0 saturated heterocycles. The Morgan fingerprint density at radius 2 is 2.24 bits per heavy atom. The van der Waals surface area contributed by atoms with Crippen LogP contribution in [0.15, 0.2) is 35.9 Å². The second kappa shape index (κ2) is 5.67. The summed E-state index contributed by atoms with van der Waals surface area (Å²) in [6, 6.07) is 8.88. The Morgan fingerprint density at radius 3 is 2.94 bits per heavy atom. The van der Waals surface area contributed by atoms with E-state index in [2.05, 4.69) is 35.7 Å². The third-order valence-electron chi connectivity index (χ3n) is 3.30. The molecule has 0 aliphatic heterocycles. The molecule has 0 amide bonds. The van der Waals surface area contributed by atoms with Gasteiger partial charge in [0.15, 0.2) is 0 Å². The van der Waals surface area contributed by atoms with E-state index in [-0.39, 0.29) is 6.61 Å². The van der Waals surface area contributed by atoms with Gasteiger partial charge in [-0.25, -0.2) is 0 Å². The Kier molecular flexibility index (Phi) is 4.21. The van der Waals surface area contributed by atoms with E-state index >= 15 is 0 Å².